The first kappa shape index (κ1) is 11.0. The van der Waals surface area contributed by atoms with Gasteiger partial charge in [-0.25, -0.2) is 0 Å². The summed E-state index contributed by atoms with van der Waals surface area (Å²) in [6.07, 6.45) is 4.57. The predicted octanol–water partition coefficient (Wildman–Crippen LogP) is 2.23. The summed E-state index contributed by atoms with van der Waals surface area (Å²) < 4.78 is 3.91. The van der Waals surface area contributed by atoms with Crippen LogP contribution in [0.2, 0.25) is 0 Å². The summed E-state index contributed by atoms with van der Waals surface area (Å²) in [5, 5.41) is 6.18. The molecule has 2 N–H and O–H groups in total. The topological polar surface area (TPSA) is 51.8 Å². The second kappa shape index (κ2) is 4.18. The third-order valence-electron chi connectivity index (χ3n) is 3.71. The summed E-state index contributed by atoms with van der Waals surface area (Å²) in [7, 11) is 0. The fourth-order valence-corrected chi connectivity index (χ4v) is 2.91. The van der Waals surface area contributed by atoms with Crippen LogP contribution in [0.25, 0.3) is 0 Å². The molecule has 1 heterocycles. The summed E-state index contributed by atoms with van der Waals surface area (Å²) >= 11 is 1.44. The van der Waals surface area contributed by atoms with Crippen LogP contribution >= 0.6 is 11.5 Å². The maximum atomic E-state index is 6.04. The van der Waals surface area contributed by atoms with E-state index in [4.69, 9.17) is 5.73 Å². The van der Waals surface area contributed by atoms with Crippen molar-refractivity contribution in [3.05, 3.63) is 11.1 Å². The molecule has 1 aliphatic carbocycles. The van der Waals surface area contributed by atoms with Crippen molar-refractivity contribution >= 4 is 11.5 Å². The number of aromatic nitrogens is 2. The van der Waals surface area contributed by atoms with Crippen LogP contribution < -0.4 is 5.73 Å². The number of nitrogens with zero attached hydrogens (tertiary/aromatic N) is 2. The van der Waals surface area contributed by atoms with Crippen LogP contribution in [0.15, 0.2) is 5.38 Å². The number of hydrogen-bond acceptors (Lipinski definition) is 4. The van der Waals surface area contributed by atoms with Crippen molar-refractivity contribution in [3.63, 3.8) is 0 Å². The smallest absolute Gasteiger partial charge is 0.0758 e. The molecule has 0 aliphatic heterocycles. The van der Waals surface area contributed by atoms with Crippen molar-refractivity contribution in [1.29, 1.82) is 0 Å². The average molecular weight is 225 g/mol. The van der Waals surface area contributed by atoms with Crippen molar-refractivity contribution in [1.82, 2.24) is 9.59 Å². The Balaban J connectivity index is 2.05. The van der Waals surface area contributed by atoms with Gasteiger partial charge in [-0.3, -0.25) is 0 Å². The van der Waals surface area contributed by atoms with E-state index in [9.17, 15) is 0 Å². The molecule has 15 heavy (non-hydrogen) atoms. The number of hydrogen-bond donors (Lipinski definition) is 1. The van der Waals surface area contributed by atoms with Gasteiger partial charge in [0.2, 0.25) is 0 Å². The van der Waals surface area contributed by atoms with E-state index in [0.29, 0.717) is 17.4 Å². The van der Waals surface area contributed by atoms with E-state index in [1.165, 1.54) is 24.4 Å². The van der Waals surface area contributed by atoms with Gasteiger partial charge in [0.15, 0.2) is 0 Å². The maximum Gasteiger partial charge on any atom is 0.0758 e. The van der Waals surface area contributed by atoms with Gasteiger partial charge in [-0.15, -0.1) is 5.10 Å². The summed E-state index contributed by atoms with van der Waals surface area (Å²) in [6, 6.07) is 0.384. The van der Waals surface area contributed by atoms with E-state index in [0.717, 1.165) is 18.5 Å². The van der Waals surface area contributed by atoms with Gasteiger partial charge in [0.25, 0.3) is 0 Å². The quantitative estimate of drug-likeness (QED) is 0.839. The highest BCUT2D eigenvalue weighted by molar-refractivity contribution is 7.03. The minimum atomic E-state index is 0.384. The SMILES string of the molecule is CC1(C)CCC(N)CC1Cc1csnn1. The molecule has 1 saturated carbocycles. The van der Waals surface area contributed by atoms with Crippen molar-refractivity contribution in [2.75, 3.05) is 0 Å². The Hall–Kier alpha value is -0.480. The standard InChI is InChI=1S/C11H19N3S/c1-11(2)4-3-9(12)5-8(11)6-10-7-15-14-13-10/h7-9H,3-6,12H2,1-2H3. The van der Waals surface area contributed by atoms with Crippen molar-refractivity contribution in [2.45, 2.75) is 45.6 Å². The van der Waals surface area contributed by atoms with Gasteiger partial charge < -0.3 is 5.73 Å². The van der Waals surface area contributed by atoms with Gasteiger partial charge in [0.05, 0.1) is 5.69 Å². The molecule has 0 saturated heterocycles. The first-order valence-electron chi connectivity index (χ1n) is 5.59. The highest BCUT2D eigenvalue weighted by atomic mass is 32.1. The van der Waals surface area contributed by atoms with Crippen LogP contribution in [0, 0.1) is 11.3 Å². The second-order valence-electron chi connectivity index (χ2n) is 5.32. The minimum Gasteiger partial charge on any atom is -0.328 e. The van der Waals surface area contributed by atoms with Crippen LogP contribution in [0.3, 0.4) is 0 Å². The molecule has 0 bridgehead atoms. The molecule has 4 heteroatoms. The molecule has 2 rings (SSSR count). The molecule has 1 aliphatic rings. The second-order valence-corrected chi connectivity index (χ2v) is 5.93. The lowest BCUT2D eigenvalue weighted by Gasteiger charge is -2.41. The van der Waals surface area contributed by atoms with Gasteiger partial charge in [0, 0.05) is 11.4 Å². The fourth-order valence-electron chi connectivity index (χ4n) is 2.45. The minimum absolute atomic E-state index is 0.384. The van der Waals surface area contributed by atoms with E-state index < -0.39 is 0 Å². The van der Waals surface area contributed by atoms with Crippen LogP contribution in [0.4, 0.5) is 0 Å². The van der Waals surface area contributed by atoms with Crippen LogP contribution in [-0.2, 0) is 6.42 Å². The molecule has 2 atom stereocenters. The third kappa shape index (κ3) is 2.55. The zero-order valence-corrected chi connectivity index (χ0v) is 10.3. The van der Waals surface area contributed by atoms with E-state index in [1.807, 2.05) is 0 Å². The highest BCUT2D eigenvalue weighted by Crippen LogP contribution is 2.41. The lowest BCUT2D eigenvalue weighted by atomic mass is 9.66. The lowest BCUT2D eigenvalue weighted by Crippen LogP contribution is -2.39. The van der Waals surface area contributed by atoms with Gasteiger partial charge in [-0.05, 0) is 48.5 Å². The van der Waals surface area contributed by atoms with Gasteiger partial charge >= 0.3 is 0 Å². The zero-order chi connectivity index (χ0) is 10.9. The molecule has 0 spiro atoms. The van der Waals surface area contributed by atoms with Crippen molar-refractivity contribution < 1.29 is 0 Å². The van der Waals surface area contributed by atoms with Crippen LogP contribution in [-0.4, -0.2) is 15.6 Å². The van der Waals surface area contributed by atoms with E-state index in [2.05, 4.69) is 28.8 Å². The highest BCUT2D eigenvalue weighted by Gasteiger charge is 2.35. The maximum absolute atomic E-state index is 6.04. The first-order valence-corrected chi connectivity index (χ1v) is 6.43. The zero-order valence-electron chi connectivity index (χ0n) is 9.44. The molecule has 0 radical (unpaired) electrons. The number of nitrogens with two attached hydrogens (primary N) is 1. The van der Waals surface area contributed by atoms with E-state index >= 15 is 0 Å². The summed E-state index contributed by atoms with van der Waals surface area (Å²) in [5.74, 6) is 0.658. The van der Waals surface area contributed by atoms with Gasteiger partial charge in [0.1, 0.15) is 0 Å². The molecular weight excluding hydrogens is 206 g/mol. The van der Waals surface area contributed by atoms with Gasteiger partial charge in [-0.1, -0.05) is 18.3 Å². The molecule has 84 valence electrons. The van der Waals surface area contributed by atoms with Gasteiger partial charge in [-0.2, -0.15) is 0 Å². The number of rotatable bonds is 2. The summed E-state index contributed by atoms with van der Waals surface area (Å²) in [4.78, 5) is 0. The van der Waals surface area contributed by atoms with E-state index in [1.54, 1.807) is 0 Å². The Labute approximate surface area is 95.2 Å². The molecule has 2 unspecified atom stereocenters. The first-order chi connectivity index (χ1) is 7.08. The van der Waals surface area contributed by atoms with Crippen LogP contribution in [0.1, 0.15) is 38.8 Å². The monoisotopic (exact) mass is 225 g/mol. The van der Waals surface area contributed by atoms with Crippen LogP contribution in [0.5, 0.6) is 0 Å². The fraction of sp³-hybridized carbons (Fsp3) is 0.818. The Morgan fingerprint density at radius 2 is 2.40 bits per heavy atom. The lowest BCUT2D eigenvalue weighted by molar-refractivity contribution is 0.123. The molecule has 0 amide bonds. The molecule has 3 nitrogen and oxygen atoms in total. The Bertz CT molecular complexity index is 308. The average Bonchev–Trinajstić information content (AvgIpc) is 2.65. The molecule has 1 aromatic heterocycles. The van der Waals surface area contributed by atoms with Crippen molar-refractivity contribution in [2.24, 2.45) is 17.1 Å². The Morgan fingerprint density at radius 1 is 1.60 bits per heavy atom. The Morgan fingerprint density at radius 3 is 3.07 bits per heavy atom. The molecular formula is C11H19N3S. The molecule has 1 aromatic rings. The largest absolute Gasteiger partial charge is 0.328 e. The normalized spacial score (nSPS) is 30.3. The molecule has 1 fully saturated rings. The third-order valence-corrected chi connectivity index (χ3v) is 4.27. The predicted molar refractivity (Wildman–Crippen MR) is 62.7 cm³/mol. The summed E-state index contributed by atoms with van der Waals surface area (Å²) in [6.45, 7) is 4.70. The van der Waals surface area contributed by atoms with Crippen molar-refractivity contribution in [3.8, 4) is 0 Å². The Kier molecular flexibility index (Phi) is 3.07. The van der Waals surface area contributed by atoms with E-state index in [-0.39, 0.29) is 0 Å². The molecule has 0 aromatic carbocycles. The summed E-state index contributed by atoms with van der Waals surface area (Å²) in [5.41, 5.74) is 7.58.